The average Bonchev–Trinajstić information content (AvgIpc) is 2.68. The fourth-order valence-electron chi connectivity index (χ4n) is 2.52. The molecule has 0 aliphatic carbocycles. The third-order valence-electron chi connectivity index (χ3n) is 3.74. The number of nitrogens with two attached hydrogens (primary N) is 1. The number of halogens is 1. The van der Waals surface area contributed by atoms with E-state index in [4.69, 9.17) is 17.3 Å². The topological polar surface area (TPSA) is 58.4 Å². The normalized spacial score (nSPS) is 22.9. The predicted molar refractivity (Wildman–Crippen MR) is 81.7 cm³/mol. The molecule has 110 valence electrons. The largest absolute Gasteiger partial charge is 0.355 e. The average molecular weight is 296 g/mol. The maximum Gasteiger partial charge on any atom is 0.234 e. The molecule has 1 aliphatic heterocycles. The summed E-state index contributed by atoms with van der Waals surface area (Å²) in [5.41, 5.74) is 7.08. The van der Waals surface area contributed by atoms with Crippen LogP contribution in [0.3, 0.4) is 0 Å². The van der Waals surface area contributed by atoms with Crippen LogP contribution in [0.15, 0.2) is 24.3 Å². The Labute approximate surface area is 125 Å². The molecule has 2 unspecified atom stereocenters. The minimum absolute atomic E-state index is 0.0633. The zero-order valence-electron chi connectivity index (χ0n) is 11.8. The number of hydrogen-bond donors (Lipinski definition) is 2. The molecule has 20 heavy (non-hydrogen) atoms. The van der Waals surface area contributed by atoms with Crippen molar-refractivity contribution in [2.75, 3.05) is 26.2 Å². The Morgan fingerprint density at radius 3 is 2.95 bits per heavy atom. The maximum absolute atomic E-state index is 11.8. The molecule has 1 aromatic rings. The van der Waals surface area contributed by atoms with E-state index in [1.165, 1.54) is 0 Å². The van der Waals surface area contributed by atoms with E-state index in [2.05, 4.69) is 17.1 Å². The van der Waals surface area contributed by atoms with Crippen LogP contribution < -0.4 is 11.1 Å². The van der Waals surface area contributed by atoms with Crippen LogP contribution in [0.1, 0.15) is 12.5 Å². The van der Waals surface area contributed by atoms with Crippen LogP contribution in [0.4, 0.5) is 0 Å². The Kier molecular flexibility index (Phi) is 5.40. The maximum atomic E-state index is 11.8. The van der Waals surface area contributed by atoms with Crippen LogP contribution in [-0.4, -0.2) is 43.0 Å². The summed E-state index contributed by atoms with van der Waals surface area (Å²) in [5, 5.41) is 3.67. The van der Waals surface area contributed by atoms with Crippen molar-refractivity contribution in [3.05, 3.63) is 34.9 Å². The third-order valence-corrected chi connectivity index (χ3v) is 3.97. The molecule has 1 amide bonds. The fraction of sp³-hybridized carbons (Fsp3) is 0.533. The molecule has 5 heteroatoms. The monoisotopic (exact) mass is 295 g/mol. The number of rotatable bonds is 5. The van der Waals surface area contributed by atoms with Gasteiger partial charge in [0.05, 0.1) is 6.54 Å². The van der Waals surface area contributed by atoms with Gasteiger partial charge >= 0.3 is 0 Å². The quantitative estimate of drug-likeness (QED) is 0.860. The van der Waals surface area contributed by atoms with E-state index in [0.29, 0.717) is 19.0 Å². The first-order valence-corrected chi connectivity index (χ1v) is 7.41. The van der Waals surface area contributed by atoms with E-state index in [-0.39, 0.29) is 11.9 Å². The Morgan fingerprint density at radius 2 is 2.30 bits per heavy atom. The predicted octanol–water partition coefficient (Wildman–Crippen LogP) is 1.28. The summed E-state index contributed by atoms with van der Waals surface area (Å²) in [6, 6.07) is 7.90. The van der Waals surface area contributed by atoms with Crippen molar-refractivity contribution < 1.29 is 4.79 Å². The van der Waals surface area contributed by atoms with Gasteiger partial charge in [-0.25, -0.2) is 0 Å². The number of hydrogen-bond acceptors (Lipinski definition) is 3. The van der Waals surface area contributed by atoms with Gasteiger partial charge in [-0.3, -0.25) is 9.69 Å². The van der Waals surface area contributed by atoms with Crippen LogP contribution in [0, 0.1) is 5.92 Å². The molecule has 1 fully saturated rings. The van der Waals surface area contributed by atoms with Crippen molar-refractivity contribution in [2.45, 2.75) is 19.4 Å². The first-order valence-electron chi connectivity index (χ1n) is 7.03. The van der Waals surface area contributed by atoms with Crippen molar-refractivity contribution in [3.8, 4) is 0 Å². The molecule has 0 aromatic heterocycles. The van der Waals surface area contributed by atoms with Crippen molar-refractivity contribution in [3.63, 3.8) is 0 Å². The SMILES string of the molecule is CC1CN(CC(=O)NCCc2cccc(Cl)c2)CC1N. The molecule has 1 heterocycles. The molecule has 1 aromatic carbocycles. The summed E-state index contributed by atoms with van der Waals surface area (Å²) in [4.78, 5) is 14.0. The summed E-state index contributed by atoms with van der Waals surface area (Å²) < 4.78 is 0. The van der Waals surface area contributed by atoms with Gasteiger partial charge in [0.1, 0.15) is 0 Å². The number of carbonyl (C=O) groups is 1. The van der Waals surface area contributed by atoms with Gasteiger partial charge in [-0.05, 0) is 30.0 Å². The molecule has 1 aliphatic rings. The first-order chi connectivity index (χ1) is 9.54. The van der Waals surface area contributed by atoms with E-state index < -0.39 is 0 Å². The number of nitrogens with zero attached hydrogens (tertiary/aromatic N) is 1. The summed E-state index contributed by atoms with van der Waals surface area (Å²) in [7, 11) is 0. The molecule has 0 bridgehead atoms. The van der Waals surface area contributed by atoms with E-state index >= 15 is 0 Å². The lowest BCUT2D eigenvalue weighted by atomic mass is 10.1. The second-order valence-corrected chi connectivity index (χ2v) is 6.00. The lowest BCUT2D eigenvalue weighted by Crippen LogP contribution is -2.38. The third kappa shape index (κ3) is 4.47. The van der Waals surface area contributed by atoms with Gasteiger partial charge in [-0.2, -0.15) is 0 Å². The van der Waals surface area contributed by atoms with Crippen LogP contribution in [0.2, 0.25) is 5.02 Å². The number of benzene rings is 1. The van der Waals surface area contributed by atoms with Crippen molar-refractivity contribution >= 4 is 17.5 Å². The molecule has 2 atom stereocenters. The molecule has 0 radical (unpaired) electrons. The van der Waals surface area contributed by atoms with Crippen LogP contribution in [-0.2, 0) is 11.2 Å². The van der Waals surface area contributed by atoms with E-state index in [9.17, 15) is 4.79 Å². The zero-order chi connectivity index (χ0) is 14.5. The van der Waals surface area contributed by atoms with Gasteiger partial charge in [0.25, 0.3) is 0 Å². The van der Waals surface area contributed by atoms with E-state index in [1.807, 2.05) is 24.3 Å². The number of likely N-dealkylation sites (tertiary alicyclic amines) is 1. The second-order valence-electron chi connectivity index (χ2n) is 5.57. The van der Waals surface area contributed by atoms with Gasteiger partial charge in [0.2, 0.25) is 5.91 Å². The molecule has 0 saturated carbocycles. The summed E-state index contributed by atoms with van der Waals surface area (Å²) in [6.45, 7) is 4.91. The van der Waals surface area contributed by atoms with E-state index in [1.54, 1.807) is 0 Å². The minimum Gasteiger partial charge on any atom is -0.355 e. The molecule has 3 N–H and O–H groups in total. The van der Waals surface area contributed by atoms with Crippen LogP contribution >= 0.6 is 11.6 Å². The summed E-state index contributed by atoms with van der Waals surface area (Å²) in [5.74, 6) is 0.530. The molecular weight excluding hydrogens is 274 g/mol. The van der Waals surface area contributed by atoms with Gasteiger partial charge in [0.15, 0.2) is 0 Å². The van der Waals surface area contributed by atoms with Gasteiger partial charge in [0, 0.05) is 30.7 Å². The highest BCUT2D eigenvalue weighted by Crippen LogP contribution is 2.13. The second kappa shape index (κ2) is 7.07. The molecule has 2 rings (SSSR count). The molecular formula is C15H22ClN3O. The Bertz CT molecular complexity index is 456. The van der Waals surface area contributed by atoms with Crippen molar-refractivity contribution in [2.24, 2.45) is 11.7 Å². The summed E-state index contributed by atoms with van der Waals surface area (Å²) >= 11 is 5.92. The molecule has 1 saturated heterocycles. The van der Waals surface area contributed by atoms with Gasteiger partial charge in [-0.15, -0.1) is 0 Å². The fourth-order valence-corrected chi connectivity index (χ4v) is 2.73. The highest BCUT2D eigenvalue weighted by atomic mass is 35.5. The van der Waals surface area contributed by atoms with Gasteiger partial charge in [-0.1, -0.05) is 30.7 Å². The van der Waals surface area contributed by atoms with Gasteiger partial charge < -0.3 is 11.1 Å². The van der Waals surface area contributed by atoms with Crippen molar-refractivity contribution in [1.82, 2.24) is 10.2 Å². The zero-order valence-corrected chi connectivity index (χ0v) is 12.6. The lowest BCUT2D eigenvalue weighted by Gasteiger charge is -2.14. The molecule has 4 nitrogen and oxygen atoms in total. The molecule has 0 spiro atoms. The highest BCUT2D eigenvalue weighted by molar-refractivity contribution is 6.30. The number of amides is 1. The first kappa shape index (κ1) is 15.3. The minimum atomic E-state index is 0.0633. The van der Waals surface area contributed by atoms with Crippen LogP contribution in [0.25, 0.3) is 0 Å². The van der Waals surface area contributed by atoms with Crippen LogP contribution in [0.5, 0.6) is 0 Å². The Hall–Kier alpha value is -1.10. The lowest BCUT2D eigenvalue weighted by molar-refractivity contribution is -0.122. The van der Waals surface area contributed by atoms with Crippen molar-refractivity contribution in [1.29, 1.82) is 0 Å². The highest BCUT2D eigenvalue weighted by Gasteiger charge is 2.27. The smallest absolute Gasteiger partial charge is 0.234 e. The van der Waals surface area contributed by atoms with E-state index in [0.717, 1.165) is 30.1 Å². The Morgan fingerprint density at radius 1 is 1.50 bits per heavy atom. The number of carbonyl (C=O) groups excluding carboxylic acids is 1. The standard InChI is InChI=1S/C15H22ClN3O/c1-11-8-19(9-14(11)17)10-15(20)18-6-5-12-3-2-4-13(16)7-12/h2-4,7,11,14H,5-6,8-10,17H2,1H3,(H,18,20). The summed E-state index contributed by atoms with van der Waals surface area (Å²) in [6.07, 6.45) is 0.794. The number of nitrogens with one attached hydrogen (secondary N) is 1. The Balaban J connectivity index is 1.68.